The summed E-state index contributed by atoms with van der Waals surface area (Å²) >= 11 is 5.11. The molecule has 1 rings (SSSR count). The van der Waals surface area contributed by atoms with Gasteiger partial charge in [0, 0.05) is 10.2 Å². The fourth-order valence-corrected chi connectivity index (χ4v) is 2.38. The van der Waals surface area contributed by atoms with E-state index in [9.17, 15) is 4.39 Å². The van der Waals surface area contributed by atoms with Gasteiger partial charge in [-0.2, -0.15) is 11.8 Å². The minimum atomic E-state index is -0.165. The lowest BCUT2D eigenvalue weighted by Gasteiger charge is -2.01. The van der Waals surface area contributed by atoms with Crippen molar-refractivity contribution in [3.63, 3.8) is 0 Å². The summed E-state index contributed by atoms with van der Waals surface area (Å²) in [4.78, 5) is 0. The molecule has 0 aliphatic rings. The van der Waals surface area contributed by atoms with Crippen LogP contribution >= 0.6 is 27.7 Å². The van der Waals surface area contributed by atoms with Gasteiger partial charge in [0.25, 0.3) is 0 Å². The lowest BCUT2D eigenvalue weighted by atomic mass is 10.2. The van der Waals surface area contributed by atoms with Crippen LogP contribution in [0.25, 0.3) is 0 Å². The van der Waals surface area contributed by atoms with E-state index >= 15 is 0 Å². The Morgan fingerprint density at radius 1 is 1.38 bits per heavy atom. The minimum absolute atomic E-state index is 0.165. The van der Waals surface area contributed by atoms with E-state index in [1.165, 1.54) is 12.5 Å². The summed E-state index contributed by atoms with van der Waals surface area (Å²) in [7, 11) is 0. The zero-order valence-corrected chi connectivity index (χ0v) is 9.92. The van der Waals surface area contributed by atoms with Crippen LogP contribution in [0, 0.1) is 5.82 Å². The molecule has 0 heterocycles. The number of hydrogen-bond acceptors (Lipinski definition) is 1. The van der Waals surface area contributed by atoms with Crippen molar-refractivity contribution in [1.82, 2.24) is 0 Å². The van der Waals surface area contributed by atoms with Gasteiger partial charge in [-0.25, -0.2) is 4.39 Å². The third-order valence-corrected chi connectivity index (χ3v) is 3.23. The second-order valence-corrected chi connectivity index (χ2v) is 4.85. The molecule has 0 bridgehead atoms. The summed E-state index contributed by atoms with van der Waals surface area (Å²) in [5.74, 6) is 1.86. The molecular weight excluding hydrogens is 251 g/mol. The van der Waals surface area contributed by atoms with Crippen LogP contribution in [0.5, 0.6) is 0 Å². The third kappa shape index (κ3) is 4.14. The lowest BCUT2D eigenvalue weighted by molar-refractivity contribution is 0.625. The molecule has 0 saturated carbocycles. The van der Waals surface area contributed by atoms with Crippen molar-refractivity contribution in [2.45, 2.75) is 19.1 Å². The van der Waals surface area contributed by atoms with E-state index in [0.29, 0.717) is 0 Å². The highest BCUT2D eigenvalue weighted by Gasteiger charge is 1.98. The smallest absolute Gasteiger partial charge is 0.124 e. The van der Waals surface area contributed by atoms with Crippen LogP contribution in [0.1, 0.15) is 18.9 Å². The Balaban J connectivity index is 2.56. The van der Waals surface area contributed by atoms with Gasteiger partial charge in [0.1, 0.15) is 5.82 Å². The molecule has 0 fully saturated rings. The first-order valence-electron chi connectivity index (χ1n) is 4.25. The minimum Gasteiger partial charge on any atom is -0.207 e. The highest BCUT2D eigenvalue weighted by atomic mass is 79.9. The van der Waals surface area contributed by atoms with E-state index in [1.54, 1.807) is 6.07 Å². The fourth-order valence-electron chi connectivity index (χ4n) is 1.03. The third-order valence-electron chi connectivity index (χ3n) is 1.54. The second-order valence-electron chi connectivity index (χ2n) is 2.83. The molecule has 72 valence electrons. The van der Waals surface area contributed by atoms with Gasteiger partial charge in [-0.3, -0.25) is 0 Å². The summed E-state index contributed by atoms with van der Waals surface area (Å²) in [5.41, 5.74) is 1.05. The average molecular weight is 263 g/mol. The van der Waals surface area contributed by atoms with Crippen LogP contribution in [0.3, 0.4) is 0 Å². The van der Waals surface area contributed by atoms with Crippen molar-refractivity contribution in [3.8, 4) is 0 Å². The van der Waals surface area contributed by atoms with Crippen molar-refractivity contribution >= 4 is 27.7 Å². The lowest BCUT2D eigenvalue weighted by Crippen LogP contribution is -1.85. The molecule has 0 aliphatic heterocycles. The van der Waals surface area contributed by atoms with Crippen LogP contribution in [-0.2, 0) is 5.75 Å². The number of benzene rings is 1. The Labute approximate surface area is 91.0 Å². The molecular formula is C10H12BrFS. The predicted octanol–water partition coefficient (Wildman–Crippen LogP) is 4.23. The first-order chi connectivity index (χ1) is 6.22. The monoisotopic (exact) mass is 262 g/mol. The number of thioether (sulfide) groups is 1. The van der Waals surface area contributed by atoms with E-state index in [1.807, 2.05) is 17.8 Å². The van der Waals surface area contributed by atoms with Gasteiger partial charge in [0.05, 0.1) is 0 Å². The Morgan fingerprint density at radius 2 is 2.15 bits per heavy atom. The molecule has 0 aromatic heterocycles. The van der Waals surface area contributed by atoms with E-state index in [0.717, 1.165) is 21.5 Å². The Hall–Kier alpha value is -0.0200. The molecule has 3 heteroatoms. The highest BCUT2D eigenvalue weighted by molar-refractivity contribution is 9.10. The fraction of sp³-hybridized carbons (Fsp3) is 0.400. The van der Waals surface area contributed by atoms with Gasteiger partial charge in [-0.1, -0.05) is 22.9 Å². The molecule has 0 amide bonds. The summed E-state index contributed by atoms with van der Waals surface area (Å²) in [5, 5.41) is 0. The van der Waals surface area contributed by atoms with Crippen molar-refractivity contribution in [2.24, 2.45) is 0 Å². The van der Waals surface area contributed by atoms with Crippen LogP contribution in [0.2, 0.25) is 0 Å². The second kappa shape index (κ2) is 5.66. The first-order valence-corrected chi connectivity index (χ1v) is 6.20. The topological polar surface area (TPSA) is 0 Å². The molecule has 0 nitrogen and oxygen atoms in total. The molecule has 0 unspecified atom stereocenters. The molecule has 0 N–H and O–H groups in total. The van der Waals surface area contributed by atoms with Gasteiger partial charge < -0.3 is 0 Å². The van der Waals surface area contributed by atoms with Gasteiger partial charge in [0.15, 0.2) is 0 Å². The number of halogens is 2. The van der Waals surface area contributed by atoms with Crippen LogP contribution < -0.4 is 0 Å². The van der Waals surface area contributed by atoms with Crippen molar-refractivity contribution in [1.29, 1.82) is 0 Å². The molecule has 0 spiro atoms. The predicted molar refractivity (Wildman–Crippen MR) is 60.6 cm³/mol. The van der Waals surface area contributed by atoms with E-state index in [4.69, 9.17) is 0 Å². The quantitative estimate of drug-likeness (QED) is 0.732. The largest absolute Gasteiger partial charge is 0.207 e. The Kier molecular flexibility index (Phi) is 4.81. The van der Waals surface area contributed by atoms with Gasteiger partial charge in [-0.05, 0) is 35.9 Å². The maximum absolute atomic E-state index is 12.9. The summed E-state index contributed by atoms with van der Waals surface area (Å²) in [6.45, 7) is 2.15. The number of hydrogen-bond donors (Lipinski definition) is 0. The van der Waals surface area contributed by atoms with Crippen LogP contribution in [0.15, 0.2) is 22.7 Å². The van der Waals surface area contributed by atoms with Gasteiger partial charge in [0.2, 0.25) is 0 Å². The molecule has 0 saturated heterocycles. The Morgan fingerprint density at radius 3 is 2.77 bits per heavy atom. The van der Waals surface area contributed by atoms with Gasteiger partial charge >= 0.3 is 0 Å². The molecule has 13 heavy (non-hydrogen) atoms. The van der Waals surface area contributed by atoms with E-state index < -0.39 is 0 Å². The first kappa shape index (κ1) is 11.1. The van der Waals surface area contributed by atoms with Gasteiger partial charge in [-0.15, -0.1) is 0 Å². The van der Waals surface area contributed by atoms with Crippen molar-refractivity contribution in [2.75, 3.05) is 5.75 Å². The van der Waals surface area contributed by atoms with Crippen molar-refractivity contribution < 1.29 is 4.39 Å². The Bertz CT molecular complexity index is 255. The number of rotatable bonds is 4. The standard InChI is InChI=1S/C10H12BrFS/c1-2-3-13-7-8-4-9(11)6-10(12)5-8/h4-6H,2-3,7H2,1H3. The average Bonchev–Trinajstić information content (AvgIpc) is 2.03. The van der Waals surface area contributed by atoms with E-state index in [2.05, 4.69) is 22.9 Å². The normalized spacial score (nSPS) is 10.4. The molecule has 0 aliphatic carbocycles. The van der Waals surface area contributed by atoms with Crippen LogP contribution in [-0.4, -0.2) is 5.75 Å². The summed E-state index contributed by atoms with van der Waals surface area (Å²) < 4.78 is 13.7. The molecule has 0 atom stereocenters. The maximum atomic E-state index is 12.9. The summed E-state index contributed by atoms with van der Waals surface area (Å²) in [6, 6.07) is 5.03. The van der Waals surface area contributed by atoms with Crippen LogP contribution in [0.4, 0.5) is 4.39 Å². The zero-order chi connectivity index (χ0) is 9.68. The van der Waals surface area contributed by atoms with E-state index in [-0.39, 0.29) is 5.82 Å². The maximum Gasteiger partial charge on any atom is 0.124 e. The highest BCUT2D eigenvalue weighted by Crippen LogP contribution is 2.19. The molecule has 0 radical (unpaired) electrons. The molecule has 1 aromatic carbocycles. The van der Waals surface area contributed by atoms with Crippen molar-refractivity contribution in [3.05, 3.63) is 34.1 Å². The molecule has 1 aromatic rings. The SMILES string of the molecule is CCCSCc1cc(F)cc(Br)c1. The zero-order valence-electron chi connectivity index (χ0n) is 7.52. The summed E-state index contributed by atoms with van der Waals surface area (Å²) in [6.07, 6.45) is 1.17.